The van der Waals surface area contributed by atoms with E-state index in [1.54, 1.807) is 24.9 Å². The molecule has 2 atom stereocenters. The molecule has 6 rings (SSSR count). The van der Waals surface area contributed by atoms with Gasteiger partial charge in [0.2, 0.25) is 5.91 Å². The summed E-state index contributed by atoms with van der Waals surface area (Å²) in [6, 6.07) is 5.81. The summed E-state index contributed by atoms with van der Waals surface area (Å²) in [5, 5.41) is 1.19. The van der Waals surface area contributed by atoms with Crippen LogP contribution in [0.15, 0.2) is 36.8 Å². The number of pyridine rings is 1. The predicted octanol–water partition coefficient (Wildman–Crippen LogP) is 5.54. The Morgan fingerprint density at radius 1 is 1.09 bits per heavy atom. The Morgan fingerprint density at radius 3 is 2.50 bits per heavy atom. The highest BCUT2D eigenvalue weighted by Crippen LogP contribution is 2.40. The van der Waals surface area contributed by atoms with E-state index in [1.807, 2.05) is 31.1 Å². The zero-order valence-electron chi connectivity index (χ0n) is 28.5. The van der Waals surface area contributed by atoms with Crippen LogP contribution >= 0.6 is 0 Å². The van der Waals surface area contributed by atoms with Gasteiger partial charge in [-0.05, 0) is 101 Å². The fraction of sp³-hybridized carbons (Fsp3) is 0.595. The van der Waals surface area contributed by atoms with Crippen molar-refractivity contribution < 1.29 is 14.0 Å². The van der Waals surface area contributed by atoms with Gasteiger partial charge in [0, 0.05) is 82.6 Å². The van der Waals surface area contributed by atoms with E-state index in [0.29, 0.717) is 29.3 Å². The third-order valence-electron chi connectivity index (χ3n) is 11.2. The zero-order chi connectivity index (χ0) is 32.7. The quantitative estimate of drug-likeness (QED) is 0.311. The van der Waals surface area contributed by atoms with E-state index >= 15 is 0 Å². The van der Waals surface area contributed by atoms with Crippen molar-refractivity contribution in [3.63, 3.8) is 0 Å². The first-order valence-electron chi connectivity index (χ1n) is 17.3. The number of nitrogens with zero attached hydrogens (tertiary/aromatic N) is 6. The molecular formula is C37H51FN6O2. The van der Waals surface area contributed by atoms with Gasteiger partial charge in [0.25, 0.3) is 5.91 Å². The summed E-state index contributed by atoms with van der Waals surface area (Å²) in [7, 11) is 1.77. The van der Waals surface area contributed by atoms with Gasteiger partial charge in [0.1, 0.15) is 5.82 Å². The summed E-state index contributed by atoms with van der Waals surface area (Å²) in [5.74, 6) is 0.884. The third kappa shape index (κ3) is 6.33. The Kier molecular flexibility index (Phi) is 9.53. The second kappa shape index (κ2) is 13.4. The molecule has 3 fully saturated rings. The molecule has 1 aromatic carbocycles. The molecule has 2 saturated heterocycles. The molecule has 248 valence electrons. The number of amides is 2. The number of aryl methyl sites for hydroxylation is 1. The lowest BCUT2D eigenvalue weighted by atomic mass is 9.73. The minimum absolute atomic E-state index is 0.00366. The van der Waals surface area contributed by atoms with Crippen LogP contribution in [0.2, 0.25) is 0 Å². The van der Waals surface area contributed by atoms with E-state index in [0.717, 1.165) is 62.7 Å². The molecule has 3 aliphatic rings. The Balaban J connectivity index is 1.17. The van der Waals surface area contributed by atoms with Crippen LogP contribution in [0.5, 0.6) is 0 Å². The zero-order valence-corrected chi connectivity index (χ0v) is 28.5. The number of hydrogen-bond donors (Lipinski definition) is 0. The van der Waals surface area contributed by atoms with Crippen molar-refractivity contribution in [2.75, 3.05) is 46.3 Å². The van der Waals surface area contributed by atoms with Crippen molar-refractivity contribution >= 4 is 22.7 Å². The predicted molar refractivity (Wildman–Crippen MR) is 181 cm³/mol. The van der Waals surface area contributed by atoms with Gasteiger partial charge in [-0.3, -0.25) is 24.4 Å². The number of likely N-dealkylation sites (tertiary alicyclic amines) is 1. The maximum absolute atomic E-state index is 14.5. The number of benzene rings is 1. The van der Waals surface area contributed by atoms with Crippen LogP contribution in [0.1, 0.15) is 74.9 Å². The summed E-state index contributed by atoms with van der Waals surface area (Å²) in [4.78, 5) is 38.7. The van der Waals surface area contributed by atoms with E-state index in [-0.39, 0.29) is 17.9 Å². The standard InChI is InChI=1S/C37H51FN6O2/c1-7-33(28-17-31(18-28)42-14-12-41(13-15-42)26(5)45)43-11-10-27(22-43)16-29-23-44(35-21-39-20-25(4)36(29)35)34-9-8-30(38)19-32(34)37(46)40(6)24(2)3/h8-9,19-21,23-24,27-28,31,33H,7,10-18,22H2,1-6H3/t27-,28-,31+,33?/m1/s1. The molecule has 2 aromatic heterocycles. The van der Waals surface area contributed by atoms with Crippen molar-refractivity contribution in [3.05, 3.63) is 59.3 Å². The largest absolute Gasteiger partial charge is 0.340 e. The molecule has 3 aromatic rings. The summed E-state index contributed by atoms with van der Waals surface area (Å²) in [6.45, 7) is 16.0. The SMILES string of the molecule is CCC([C@H]1C[C@@H](N2CCN(C(C)=O)CC2)C1)N1CC[C@H](Cc2cn(-c3ccc(F)cc3C(=O)N(C)C(C)C)c3cncc(C)c23)C1. The fourth-order valence-corrected chi connectivity index (χ4v) is 8.28. The summed E-state index contributed by atoms with van der Waals surface area (Å²) in [6.07, 6.45) is 11.8. The van der Waals surface area contributed by atoms with Crippen LogP contribution in [-0.4, -0.2) is 105 Å². The van der Waals surface area contributed by atoms with Gasteiger partial charge in [-0.15, -0.1) is 0 Å². The Morgan fingerprint density at radius 2 is 1.83 bits per heavy atom. The molecule has 9 heteroatoms. The van der Waals surface area contributed by atoms with Gasteiger partial charge in [-0.25, -0.2) is 4.39 Å². The highest BCUT2D eigenvalue weighted by atomic mass is 19.1. The van der Waals surface area contributed by atoms with Crippen molar-refractivity contribution in [2.24, 2.45) is 11.8 Å². The Labute approximate surface area is 273 Å². The molecule has 2 amide bonds. The normalized spacial score (nSPS) is 23.2. The number of fused-ring (bicyclic) bond motifs is 1. The topological polar surface area (TPSA) is 64.9 Å². The van der Waals surface area contributed by atoms with Gasteiger partial charge < -0.3 is 14.4 Å². The van der Waals surface area contributed by atoms with E-state index in [4.69, 9.17) is 0 Å². The van der Waals surface area contributed by atoms with E-state index < -0.39 is 5.82 Å². The fourth-order valence-electron chi connectivity index (χ4n) is 8.28. The monoisotopic (exact) mass is 630 g/mol. The lowest BCUT2D eigenvalue weighted by molar-refractivity contribution is -0.131. The maximum Gasteiger partial charge on any atom is 0.256 e. The smallest absolute Gasteiger partial charge is 0.256 e. The Hall–Kier alpha value is -3.30. The molecule has 46 heavy (non-hydrogen) atoms. The summed E-state index contributed by atoms with van der Waals surface area (Å²) in [5.41, 5.74) is 4.38. The van der Waals surface area contributed by atoms with Gasteiger partial charge in [-0.2, -0.15) is 0 Å². The number of aromatic nitrogens is 2. The van der Waals surface area contributed by atoms with Crippen LogP contribution in [0.3, 0.4) is 0 Å². The number of carbonyl (C=O) groups excluding carboxylic acids is 2. The number of hydrogen-bond acceptors (Lipinski definition) is 5. The second-order valence-electron chi connectivity index (χ2n) is 14.3. The van der Waals surface area contributed by atoms with Gasteiger partial charge in [0.05, 0.1) is 23.0 Å². The first kappa shape index (κ1) is 32.6. The van der Waals surface area contributed by atoms with Crippen LogP contribution in [-0.2, 0) is 11.2 Å². The lowest BCUT2D eigenvalue weighted by Gasteiger charge is -2.50. The minimum Gasteiger partial charge on any atom is -0.340 e. The van der Waals surface area contributed by atoms with Crippen LogP contribution in [0.25, 0.3) is 16.6 Å². The second-order valence-corrected chi connectivity index (χ2v) is 14.3. The van der Waals surface area contributed by atoms with E-state index in [9.17, 15) is 14.0 Å². The highest BCUT2D eigenvalue weighted by Gasteiger charge is 2.42. The molecule has 0 radical (unpaired) electrons. The number of piperazine rings is 1. The number of rotatable bonds is 9. The molecule has 1 unspecified atom stereocenters. The van der Waals surface area contributed by atoms with Crippen molar-refractivity contribution in [3.8, 4) is 5.69 Å². The average Bonchev–Trinajstić information content (AvgIpc) is 3.63. The maximum atomic E-state index is 14.5. The third-order valence-corrected chi connectivity index (χ3v) is 11.2. The molecule has 8 nitrogen and oxygen atoms in total. The molecule has 0 bridgehead atoms. The van der Waals surface area contributed by atoms with E-state index in [2.05, 4.69) is 39.4 Å². The van der Waals surface area contributed by atoms with Crippen LogP contribution in [0, 0.1) is 24.6 Å². The molecule has 2 aliphatic heterocycles. The first-order valence-corrected chi connectivity index (χ1v) is 17.3. The van der Waals surface area contributed by atoms with Crippen molar-refractivity contribution in [1.29, 1.82) is 0 Å². The van der Waals surface area contributed by atoms with Crippen molar-refractivity contribution in [1.82, 2.24) is 29.2 Å². The average molecular weight is 631 g/mol. The number of halogens is 1. The first-order chi connectivity index (χ1) is 22.0. The Bertz CT molecular complexity index is 1570. The van der Waals surface area contributed by atoms with Crippen LogP contribution in [0.4, 0.5) is 4.39 Å². The number of carbonyl (C=O) groups is 2. The van der Waals surface area contributed by atoms with Gasteiger partial charge in [-0.1, -0.05) is 6.92 Å². The summed E-state index contributed by atoms with van der Waals surface area (Å²) >= 11 is 0. The van der Waals surface area contributed by atoms with Crippen LogP contribution < -0.4 is 0 Å². The lowest BCUT2D eigenvalue weighted by Crippen LogP contribution is -2.57. The minimum atomic E-state index is -0.417. The molecule has 0 N–H and O–H groups in total. The highest BCUT2D eigenvalue weighted by molar-refractivity contribution is 5.99. The van der Waals surface area contributed by atoms with Gasteiger partial charge in [0.15, 0.2) is 0 Å². The molecule has 1 aliphatic carbocycles. The molecule has 0 spiro atoms. The molecule has 1 saturated carbocycles. The molecule has 4 heterocycles. The summed E-state index contributed by atoms with van der Waals surface area (Å²) < 4.78 is 16.6. The van der Waals surface area contributed by atoms with Gasteiger partial charge >= 0.3 is 0 Å². The van der Waals surface area contributed by atoms with Crippen molar-refractivity contribution in [2.45, 2.75) is 84.8 Å². The molecular weight excluding hydrogens is 579 g/mol. The van der Waals surface area contributed by atoms with E-state index in [1.165, 1.54) is 48.8 Å².